The number of pyridine rings is 1. The SMILES string of the molecule is COc1cc(=O)c2c(=O)c3c(c(=O)c=2c1=O)=C(O)[C@]1(CCc2c1c(O)c1c(=O)[nH]c(C=NNC(N)=O)cc1c2Cl)C=3O. The van der Waals surface area contributed by atoms with Crippen molar-refractivity contribution >= 4 is 46.1 Å². The molecule has 0 radical (unpaired) electrons. The number of methoxy groups -OCH3 is 1. The normalized spacial score (nSPS) is 17.5. The van der Waals surface area contributed by atoms with Crippen LogP contribution >= 0.6 is 11.6 Å². The summed E-state index contributed by atoms with van der Waals surface area (Å²) < 4.78 is 4.87. The smallest absolute Gasteiger partial charge is 0.332 e. The number of rotatable bonds is 3. The van der Waals surface area contributed by atoms with Crippen LogP contribution in [0.2, 0.25) is 5.02 Å². The molecule has 14 nitrogen and oxygen atoms in total. The number of aromatic nitrogens is 1. The number of nitrogens with zero attached hydrogens (tertiary/aromatic N) is 1. The van der Waals surface area contributed by atoms with Crippen LogP contribution in [-0.2, 0) is 11.8 Å². The van der Waals surface area contributed by atoms with Crippen molar-refractivity contribution in [1.82, 2.24) is 10.4 Å². The molecule has 1 aromatic carbocycles. The average molecular weight is 593 g/mol. The maximum Gasteiger partial charge on any atom is 0.332 e. The molecule has 0 bridgehead atoms. The highest BCUT2D eigenvalue weighted by Crippen LogP contribution is 2.56. The number of amides is 2. The molecule has 7 N–H and O–H groups in total. The first-order chi connectivity index (χ1) is 19.9. The number of aliphatic hydroxyl groups excluding tert-OH is 2. The lowest BCUT2D eigenvalue weighted by molar-refractivity contribution is 0.249. The van der Waals surface area contributed by atoms with Crippen LogP contribution in [0.4, 0.5) is 4.79 Å². The van der Waals surface area contributed by atoms with Gasteiger partial charge in [-0.25, -0.2) is 10.2 Å². The van der Waals surface area contributed by atoms with Gasteiger partial charge in [0.1, 0.15) is 22.7 Å². The molecule has 1 heterocycles. The number of hydrogen-bond acceptors (Lipinski definition) is 11. The fourth-order valence-electron chi connectivity index (χ4n) is 6.05. The predicted molar refractivity (Wildman–Crippen MR) is 149 cm³/mol. The number of phenolic OH excluding ortho intramolecular Hbond substituents is 1. The highest BCUT2D eigenvalue weighted by atomic mass is 35.5. The molecule has 0 fully saturated rings. The van der Waals surface area contributed by atoms with E-state index < -0.39 is 82.6 Å². The third kappa shape index (κ3) is 3.17. The Morgan fingerprint density at radius 3 is 2.31 bits per heavy atom. The average Bonchev–Trinajstić information content (AvgIpc) is 3.44. The van der Waals surface area contributed by atoms with Crippen LogP contribution in [0.15, 0.2) is 41.2 Å². The number of aromatic hydroxyl groups is 1. The van der Waals surface area contributed by atoms with E-state index in [-0.39, 0.29) is 45.5 Å². The van der Waals surface area contributed by atoms with Crippen molar-refractivity contribution in [2.45, 2.75) is 18.3 Å². The Labute approximate surface area is 235 Å². The summed E-state index contributed by atoms with van der Waals surface area (Å²) in [5.41, 5.74) is -0.412. The van der Waals surface area contributed by atoms with Crippen molar-refractivity contribution in [2.24, 2.45) is 10.8 Å². The monoisotopic (exact) mass is 592 g/mol. The Hall–Kier alpha value is -5.50. The van der Waals surface area contributed by atoms with Crippen molar-refractivity contribution < 1.29 is 24.9 Å². The Morgan fingerprint density at radius 2 is 1.69 bits per heavy atom. The van der Waals surface area contributed by atoms with Gasteiger partial charge >= 0.3 is 6.03 Å². The molecule has 0 aliphatic heterocycles. The number of hydrazone groups is 1. The van der Waals surface area contributed by atoms with Crippen molar-refractivity contribution in [3.05, 3.63) is 106 Å². The van der Waals surface area contributed by atoms with Crippen molar-refractivity contribution in [3.63, 3.8) is 0 Å². The molecule has 0 saturated heterocycles. The molecule has 6 rings (SSSR count). The van der Waals surface area contributed by atoms with Gasteiger partial charge in [-0.05, 0) is 24.5 Å². The van der Waals surface area contributed by atoms with E-state index in [0.717, 1.165) is 19.4 Å². The van der Waals surface area contributed by atoms with Crippen LogP contribution in [0.3, 0.4) is 0 Å². The molecular formula is C27H17ClN4O10. The molecular weight excluding hydrogens is 576 g/mol. The standard InChI is InChI=1S/C27H17ClN4O10/c1-42-11-5-10(33)13-14(19(11)34)21(36)16-15(20(13)35)23(38)27(24(16)39)3-2-8-17(27)22(37)12-9(18(8)28)4-7(31-25(12)40)6-30-32-26(29)41/h4-6,37-39H,2-3H2,1H3,(H,31,40)(H3,29,32,41)/t27-/m0/s1. The topological polar surface area (TPSA) is 239 Å². The van der Waals surface area contributed by atoms with Gasteiger partial charge in [0.25, 0.3) is 5.56 Å². The molecule has 0 unspecified atom stereocenters. The largest absolute Gasteiger partial charge is 0.510 e. The molecule has 15 heteroatoms. The Kier molecular flexibility index (Phi) is 5.56. The summed E-state index contributed by atoms with van der Waals surface area (Å²) in [4.78, 5) is 79.1. The number of aliphatic hydroxyl groups is 2. The number of phenols is 1. The first-order valence-electron chi connectivity index (χ1n) is 12.1. The van der Waals surface area contributed by atoms with E-state index in [1.54, 1.807) is 0 Å². The summed E-state index contributed by atoms with van der Waals surface area (Å²) in [7, 11) is 1.10. The zero-order chi connectivity index (χ0) is 30.4. The third-order valence-electron chi connectivity index (χ3n) is 7.76. The summed E-state index contributed by atoms with van der Waals surface area (Å²) in [6.07, 6.45) is 0.856. The maximum absolute atomic E-state index is 13.6. The van der Waals surface area contributed by atoms with E-state index in [1.165, 1.54) is 6.07 Å². The lowest BCUT2D eigenvalue weighted by Crippen LogP contribution is -2.51. The zero-order valence-electron chi connectivity index (χ0n) is 21.2. The van der Waals surface area contributed by atoms with Crippen molar-refractivity contribution in [2.75, 3.05) is 7.11 Å². The van der Waals surface area contributed by atoms with Crippen LogP contribution in [0.1, 0.15) is 23.2 Å². The molecule has 2 amide bonds. The number of hydrogen-bond donors (Lipinski definition) is 6. The predicted octanol–water partition coefficient (Wildman–Crippen LogP) is -1.83. The first kappa shape index (κ1) is 26.7. The number of aromatic amines is 1. The molecule has 4 aliphatic rings. The van der Waals surface area contributed by atoms with Crippen LogP contribution in [0, 0.1) is 10.4 Å². The second-order valence-electron chi connectivity index (χ2n) is 9.76. The number of primary amides is 1. The number of urea groups is 1. The lowest BCUT2D eigenvalue weighted by atomic mass is 9.78. The molecule has 1 spiro atoms. The van der Waals surface area contributed by atoms with Crippen LogP contribution in [0.5, 0.6) is 11.5 Å². The summed E-state index contributed by atoms with van der Waals surface area (Å²) in [6, 6.07) is 1.15. The number of ether oxygens (including phenoxy) is 1. The van der Waals surface area contributed by atoms with E-state index in [9.17, 15) is 44.1 Å². The van der Waals surface area contributed by atoms with Crippen molar-refractivity contribution in [3.8, 4) is 11.5 Å². The molecule has 4 aliphatic carbocycles. The van der Waals surface area contributed by atoms with Crippen LogP contribution in [-0.4, -0.2) is 39.7 Å². The summed E-state index contributed by atoms with van der Waals surface area (Å²) >= 11 is 6.68. The third-order valence-corrected chi connectivity index (χ3v) is 8.19. The van der Waals surface area contributed by atoms with Gasteiger partial charge in [-0.3, -0.25) is 24.0 Å². The van der Waals surface area contributed by atoms with Gasteiger partial charge in [0.2, 0.25) is 16.3 Å². The van der Waals surface area contributed by atoms with Gasteiger partial charge in [-0.2, -0.15) is 5.10 Å². The van der Waals surface area contributed by atoms with Gasteiger partial charge in [-0.1, -0.05) is 11.6 Å². The number of halogens is 1. The fraction of sp³-hybridized carbons (Fsp3) is 0.148. The minimum absolute atomic E-state index is 0.00539. The Bertz CT molecular complexity index is 2460. The number of nitrogens with two attached hydrogens (primary N) is 1. The van der Waals surface area contributed by atoms with Gasteiger partial charge < -0.3 is 30.8 Å². The molecule has 1 aromatic heterocycles. The molecule has 2 aromatic rings. The molecule has 212 valence electrons. The van der Waals surface area contributed by atoms with Gasteiger partial charge in [0.05, 0.1) is 50.3 Å². The quantitative estimate of drug-likeness (QED) is 0.115. The minimum atomic E-state index is -2.09. The van der Waals surface area contributed by atoms with Gasteiger partial charge in [0, 0.05) is 17.0 Å². The number of carbonyl (C=O) groups is 1. The Balaban J connectivity index is 1.74. The van der Waals surface area contributed by atoms with E-state index in [1.807, 2.05) is 5.43 Å². The maximum atomic E-state index is 13.6. The molecule has 42 heavy (non-hydrogen) atoms. The van der Waals surface area contributed by atoms with Gasteiger partial charge in [-0.15, -0.1) is 0 Å². The zero-order valence-corrected chi connectivity index (χ0v) is 22.0. The molecule has 0 saturated carbocycles. The number of benzene rings is 1. The number of H-pyrrole nitrogens is 1. The second kappa shape index (κ2) is 8.75. The highest BCUT2D eigenvalue weighted by molar-refractivity contribution is 6.37. The van der Waals surface area contributed by atoms with Crippen molar-refractivity contribution in [1.29, 1.82) is 0 Å². The summed E-state index contributed by atoms with van der Waals surface area (Å²) in [6.45, 7) is 0. The van der Waals surface area contributed by atoms with Gasteiger partial charge in [0.15, 0.2) is 11.2 Å². The first-order valence-corrected chi connectivity index (χ1v) is 12.5. The summed E-state index contributed by atoms with van der Waals surface area (Å²) in [5, 5.41) is 34.7. The lowest BCUT2D eigenvalue weighted by Gasteiger charge is -2.27. The fourth-order valence-corrected chi connectivity index (χ4v) is 6.38. The number of nitrogens with one attached hydrogen (secondary N) is 2. The van der Waals surface area contributed by atoms with Crippen LogP contribution in [0.25, 0.3) is 22.3 Å². The van der Waals surface area contributed by atoms with E-state index in [4.69, 9.17) is 22.1 Å². The summed E-state index contributed by atoms with van der Waals surface area (Å²) in [5.74, 6) is -2.88. The van der Waals surface area contributed by atoms with E-state index in [0.29, 0.717) is 0 Å². The molecule has 1 atom stereocenters. The minimum Gasteiger partial charge on any atom is -0.510 e. The second-order valence-corrected chi connectivity index (χ2v) is 10.1. The number of fused-ring (bicyclic) bond motifs is 4. The van der Waals surface area contributed by atoms with E-state index in [2.05, 4.69) is 10.1 Å². The Morgan fingerprint density at radius 1 is 1.05 bits per heavy atom. The highest BCUT2D eigenvalue weighted by Gasteiger charge is 2.53. The number of carbonyl (C=O) groups excluding carboxylic acids is 1. The van der Waals surface area contributed by atoms with Crippen LogP contribution < -0.4 is 53.6 Å². The van der Waals surface area contributed by atoms with E-state index >= 15 is 0 Å².